The molecule has 0 N–H and O–H groups in total. The molecule has 1 aromatic heterocycles. The second-order valence-corrected chi connectivity index (χ2v) is 10.7. The van der Waals surface area contributed by atoms with Crippen molar-refractivity contribution < 1.29 is 17.9 Å². The zero-order chi connectivity index (χ0) is 20.6. The molecule has 1 saturated heterocycles. The van der Waals surface area contributed by atoms with Crippen LogP contribution >= 0.6 is 27.3 Å². The number of ether oxygens (including phenoxy) is 2. The normalized spacial score (nSPS) is 18.1. The van der Waals surface area contributed by atoms with Gasteiger partial charge in [-0.25, -0.2) is 13.4 Å². The van der Waals surface area contributed by atoms with Gasteiger partial charge in [-0.1, -0.05) is 12.1 Å². The minimum atomic E-state index is -3.69. The van der Waals surface area contributed by atoms with Crippen LogP contribution in [0, 0.1) is 0 Å². The molecule has 4 rings (SSSR count). The molecule has 154 valence electrons. The number of piperidine rings is 1. The summed E-state index contributed by atoms with van der Waals surface area (Å²) in [6, 6.07) is 11.1. The van der Waals surface area contributed by atoms with Gasteiger partial charge in [-0.15, -0.1) is 11.3 Å². The fourth-order valence-electron chi connectivity index (χ4n) is 3.60. The lowest BCUT2D eigenvalue weighted by Gasteiger charge is -2.31. The number of para-hydroxylation sites is 1. The zero-order valence-corrected chi connectivity index (χ0v) is 19.3. The Hall–Kier alpha value is -1.68. The summed E-state index contributed by atoms with van der Waals surface area (Å²) in [4.78, 5) is 4.93. The molecule has 1 aliphatic heterocycles. The van der Waals surface area contributed by atoms with E-state index in [2.05, 4.69) is 22.0 Å². The molecule has 1 fully saturated rings. The number of hydrogen-bond donors (Lipinski definition) is 0. The molecular weight excluding hydrogens is 476 g/mol. The summed E-state index contributed by atoms with van der Waals surface area (Å²) in [5, 5.41) is 0.998. The topological polar surface area (TPSA) is 68.7 Å². The predicted octanol–water partition coefficient (Wildman–Crippen LogP) is 4.64. The molecule has 6 nitrogen and oxygen atoms in total. The van der Waals surface area contributed by atoms with E-state index < -0.39 is 10.0 Å². The lowest BCUT2D eigenvalue weighted by molar-refractivity contribution is 0.314. The van der Waals surface area contributed by atoms with Gasteiger partial charge in [-0.2, -0.15) is 4.31 Å². The number of methoxy groups -OCH3 is 2. The van der Waals surface area contributed by atoms with E-state index in [1.165, 1.54) is 20.3 Å². The molecule has 0 radical (unpaired) electrons. The predicted molar refractivity (Wildman–Crippen MR) is 118 cm³/mol. The largest absolute Gasteiger partial charge is 0.493 e. The van der Waals surface area contributed by atoms with Crippen molar-refractivity contribution in [1.82, 2.24) is 9.29 Å². The number of hydrogen-bond acceptors (Lipinski definition) is 6. The molecule has 0 bridgehead atoms. The van der Waals surface area contributed by atoms with E-state index in [0.29, 0.717) is 29.1 Å². The van der Waals surface area contributed by atoms with Gasteiger partial charge in [0.1, 0.15) is 4.90 Å². The number of halogens is 1. The van der Waals surface area contributed by atoms with Crippen LogP contribution in [0.1, 0.15) is 23.8 Å². The smallest absolute Gasteiger partial charge is 0.244 e. The second kappa shape index (κ2) is 8.22. The van der Waals surface area contributed by atoms with Crippen molar-refractivity contribution in [2.45, 2.75) is 23.7 Å². The zero-order valence-electron chi connectivity index (χ0n) is 16.1. The fraction of sp³-hybridized carbons (Fsp3) is 0.350. The molecule has 3 aromatic rings. The van der Waals surface area contributed by atoms with Crippen LogP contribution in [0.3, 0.4) is 0 Å². The van der Waals surface area contributed by atoms with E-state index in [1.54, 1.807) is 21.7 Å². The molecule has 29 heavy (non-hydrogen) atoms. The van der Waals surface area contributed by atoms with Gasteiger partial charge in [0.15, 0.2) is 11.5 Å². The van der Waals surface area contributed by atoms with Crippen molar-refractivity contribution in [2.24, 2.45) is 0 Å². The average molecular weight is 497 g/mol. The van der Waals surface area contributed by atoms with Gasteiger partial charge in [0.25, 0.3) is 0 Å². The Morgan fingerprint density at radius 1 is 1.17 bits per heavy atom. The van der Waals surface area contributed by atoms with Crippen molar-refractivity contribution in [1.29, 1.82) is 0 Å². The summed E-state index contributed by atoms with van der Waals surface area (Å²) in [5.74, 6) is 0.952. The summed E-state index contributed by atoms with van der Waals surface area (Å²) >= 11 is 5.03. The lowest BCUT2D eigenvalue weighted by Crippen LogP contribution is -2.39. The maximum atomic E-state index is 13.4. The maximum absolute atomic E-state index is 13.4. The quantitative estimate of drug-likeness (QED) is 0.514. The number of nitrogens with zero attached hydrogens (tertiary/aromatic N) is 2. The monoisotopic (exact) mass is 496 g/mol. The van der Waals surface area contributed by atoms with Gasteiger partial charge >= 0.3 is 0 Å². The van der Waals surface area contributed by atoms with Crippen LogP contribution < -0.4 is 9.47 Å². The van der Waals surface area contributed by atoms with Crippen LogP contribution in [0.15, 0.2) is 45.8 Å². The van der Waals surface area contributed by atoms with Gasteiger partial charge in [0, 0.05) is 29.5 Å². The van der Waals surface area contributed by atoms with Crippen molar-refractivity contribution >= 4 is 47.5 Å². The Bertz CT molecular complexity index is 1110. The molecule has 2 aromatic carbocycles. The highest BCUT2D eigenvalue weighted by Crippen LogP contribution is 2.39. The Morgan fingerprint density at radius 3 is 2.62 bits per heavy atom. The first-order chi connectivity index (χ1) is 13.9. The summed E-state index contributed by atoms with van der Waals surface area (Å²) < 4.78 is 40.5. The SMILES string of the molecule is COc1cc(Br)c(S(=O)(=O)N2CCC[C@@H](c3nc4ccccc4s3)C2)cc1OC. The summed E-state index contributed by atoms with van der Waals surface area (Å²) in [6.45, 7) is 0.910. The van der Waals surface area contributed by atoms with Crippen molar-refractivity contribution in [2.75, 3.05) is 27.3 Å². The van der Waals surface area contributed by atoms with Crippen molar-refractivity contribution in [3.63, 3.8) is 0 Å². The van der Waals surface area contributed by atoms with Gasteiger partial charge in [0.2, 0.25) is 10.0 Å². The van der Waals surface area contributed by atoms with Crippen LogP contribution in [-0.2, 0) is 10.0 Å². The van der Waals surface area contributed by atoms with Crippen LogP contribution in [0.25, 0.3) is 10.2 Å². The number of rotatable bonds is 5. The summed E-state index contributed by atoms with van der Waals surface area (Å²) in [7, 11) is -0.682. The highest BCUT2D eigenvalue weighted by molar-refractivity contribution is 9.10. The minimum absolute atomic E-state index is 0.0924. The second-order valence-electron chi connectivity index (χ2n) is 6.86. The third-order valence-corrected chi connectivity index (χ3v) is 9.12. The highest BCUT2D eigenvalue weighted by Gasteiger charge is 2.34. The van der Waals surface area contributed by atoms with Crippen LogP contribution in [0.5, 0.6) is 11.5 Å². The third kappa shape index (κ3) is 3.88. The number of aromatic nitrogens is 1. The molecule has 0 amide bonds. The first kappa shape index (κ1) is 20.6. The average Bonchev–Trinajstić information content (AvgIpc) is 3.17. The Labute approximate surface area is 182 Å². The molecule has 1 atom stereocenters. The van der Waals surface area contributed by atoms with Gasteiger partial charge in [0.05, 0.1) is 29.4 Å². The molecule has 0 aliphatic carbocycles. The number of fused-ring (bicyclic) bond motifs is 1. The standard InChI is InChI=1S/C20H21BrN2O4S2/c1-26-16-10-14(21)19(11-17(16)27-2)29(24,25)23-9-5-6-13(12-23)20-22-15-7-3-4-8-18(15)28-20/h3-4,7-8,10-11,13H,5-6,9,12H2,1-2H3/t13-/m1/s1. The third-order valence-electron chi connectivity index (χ3n) is 5.10. The Balaban J connectivity index is 1.65. The van der Waals surface area contributed by atoms with Gasteiger partial charge < -0.3 is 9.47 Å². The molecular formula is C20H21BrN2O4S2. The first-order valence-electron chi connectivity index (χ1n) is 9.21. The van der Waals surface area contributed by atoms with E-state index in [4.69, 9.17) is 14.5 Å². The van der Waals surface area contributed by atoms with Gasteiger partial charge in [-0.3, -0.25) is 0 Å². The molecule has 2 heterocycles. The Kier molecular flexibility index (Phi) is 5.83. The molecule has 0 unspecified atom stereocenters. The lowest BCUT2D eigenvalue weighted by atomic mass is 10.0. The van der Waals surface area contributed by atoms with Crippen LogP contribution in [-0.4, -0.2) is 45.0 Å². The van der Waals surface area contributed by atoms with Crippen LogP contribution in [0.4, 0.5) is 0 Å². The van der Waals surface area contributed by atoms with E-state index >= 15 is 0 Å². The molecule has 0 saturated carbocycles. The maximum Gasteiger partial charge on any atom is 0.244 e. The van der Waals surface area contributed by atoms with Gasteiger partial charge in [-0.05, 0) is 47.0 Å². The van der Waals surface area contributed by atoms with E-state index in [1.807, 2.05) is 18.2 Å². The fourth-order valence-corrected chi connectivity index (χ4v) is 7.21. The molecule has 0 spiro atoms. The van der Waals surface area contributed by atoms with E-state index in [-0.39, 0.29) is 10.8 Å². The summed E-state index contributed by atoms with van der Waals surface area (Å²) in [6.07, 6.45) is 1.73. The van der Waals surface area contributed by atoms with E-state index in [0.717, 1.165) is 28.1 Å². The first-order valence-corrected chi connectivity index (χ1v) is 12.3. The minimum Gasteiger partial charge on any atom is -0.493 e. The molecule has 1 aliphatic rings. The highest BCUT2D eigenvalue weighted by atomic mass is 79.9. The number of benzene rings is 2. The van der Waals surface area contributed by atoms with Crippen molar-refractivity contribution in [3.05, 3.63) is 45.9 Å². The summed E-state index contributed by atoms with van der Waals surface area (Å²) in [5.41, 5.74) is 0.968. The molecule has 9 heteroatoms. The number of sulfonamides is 1. The van der Waals surface area contributed by atoms with Crippen LogP contribution in [0.2, 0.25) is 0 Å². The Morgan fingerprint density at radius 2 is 1.90 bits per heavy atom. The van der Waals surface area contributed by atoms with E-state index in [9.17, 15) is 8.42 Å². The number of thiazole rings is 1. The van der Waals surface area contributed by atoms with Crippen molar-refractivity contribution in [3.8, 4) is 11.5 Å².